The molecule has 1 aromatic carbocycles. The molecule has 0 heterocycles. The Hall–Kier alpha value is -1.39. The fourth-order valence-corrected chi connectivity index (χ4v) is 1.98. The van der Waals surface area contributed by atoms with Gasteiger partial charge in [-0.15, -0.1) is 0 Å². The van der Waals surface area contributed by atoms with Gasteiger partial charge in [-0.1, -0.05) is 44.2 Å². The molecule has 0 fully saturated rings. The lowest BCUT2D eigenvalue weighted by Crippen LogP contribution is -2.48. The lowest BCUT2D eigenvalue weighted by Gasteiger charge is -2.20. The van der Waals surface area contributed by atoms with Crippen molar-refractivity contribution in [2.24, 2.45) is 11.7 Å². The smallest absolute Gasteiger partial charge is 0.237 e. The van der Waals surface area contributed by atoms with E-state index in [1.54, 1.807) is 0 Å². The Morgan fingerprint density at radius 2 is 1.95 bits per heavy atom. The molecule has 4 N–H and O–H groups in total. The largest absolute Gasteiger partial charge is 0.394 e. The van der Waals surface area contributed by atoms with Gasteiger partial charge < -0.3 is 16.2 Å². The second-order valence-corrected chi connectivity index (χ2v) is 5.31. The van der Waals surface area contributed by atoms with Gasteiger partial charge in [-0.05, 0) is 24.3 Å². The number of benzene rings is 1. The molecule has 4 nitrogen and oxygen atoms in total. The van der Waals surface area contributed by atoms with Gasteiger partial charge in [0.15, 0.2) is 0 Å². The minimum absolute atomic E-state index is 0.0883. The van der Waals surface area contributed by atoms with Crippen LogP contribution in [0.4, 0.5) is 0 Å². The molecular weight excluding hydrogens is 240 g/mol. The second kappa shape index (κ2) is 7.92. The summed E-state index contributed by atoms with van der Waals surface area (Å²) < 4.78 is 0. The number of nitrogens with one attached hydrogen (secondary N) is 1. The fraction of sp³-hybridized carbons (Fsp3) is 0.533. The van der Waals surface area contributed by atoms with Gasteiger partial charge in [0.25, 0.3) is 0 Å². The average Bonchev–Trinajstić information content (AvgIpc) is 2.38. The van der Waals surface area contributed by atoms with Crippen LogP contribution in [-0.4, -0.2) is 29.7 Å². The van der Waals surface area contributed by atoms with E-state index in [4.69, 9.17) is 5.73 Å². The molecule has 0 aromatic heterocycles. The molecule has 2 atom stereocenters. The van der Waals surface area contributed by atoms with Crippen LogP contribution in [0, 0.1) is 5.92 Å². The van der Waals surface area contributed by atoms with Gasteiger partial charge in [0.05, 0.1) is 18.7 Å². The van der Waals surface area contributed by atoms with Crippen LogP contribution >= 0.6 is 0 Å². The third-order valence-corrected chi connectivity index (χ3v) is 2.95. The van der Waals surface area contributed by atoms with Crippen molar-refractivity contribution in [3.05, 3.63) is 35.9 Å². The van der Waals surface area contributed by atoms with E-state index in [-0.39, 0.29) is 18.6 Å². The van der Waals surface area contributed by atoms with Crippen molar-refractivity contribution in [2.45, 2.75) is 38.8 Å². The summed E-state index contributed by atoms with van der Waals surface area (Å²) in [6, 6.07) is 8.98. The van der Waals surface area contributed by atoms with E-state index < -0.39 is 6.04 Å². The molecule has 0 aliphatic heterocycles. The Bertz CT molecular complexity index is 379. The number of hydrogen-bond acceptors (Lipinski definition) is 3. The molecule has 1 amide bonds. The number of rotatable bonds is 7. The highest BCUT2D eigenvalue weighted by molar-refractivity contribution is 5.81. The summed E-state index contributed by atoms with van der Waals surface area (Å²) in [5, 5.41) is 12.2. The maximum absolute atomic E-state index is 11.9. The molecule has 4 heteroatoms. The first-order valence-corrected chi connectivity index (χ1v) is 6.73. The van der Waals surface area contributed by atoms with Crippen molar-refractivity contribution >= 4 is 5.91 Å². The molecule has 1 aromatic rings. The van der Waals surface area contributed by atoms with Gasteiger partial charge in [0.2, 0.25) is 5.91 Å². The van der Waals surface area contributed by atoms with Crippen molar-refractivity contribution in [2.75, 3.05) is 6.61 Å². The predicted molar refractivity (Wildman–Crippen MR) is 76.6 cm³/mol. The molecule has 0 radical (unpaired) electrons. The van der Waals surface area contributed by atoms with Gasteiger partial charge in [-0.2, -0.15) is 0 Å². The quantitative estimate of drug-likeness (QED) is 0.690. The van der Waals surface area contributed by atoms with Crippen LogP contribution in [0.3, 0.4) is 0 Å². The number of aliphatic hydroxyl groups is 1. The Morgan fingerprint density at radius 1 is 1.32 bits per heavy atom. The maximum Gasteiger partial charge on any atom is 0.237 e. The lowest BCUT2D eigenvalue weighted by atomic mass is 10.0. The highest BCUT2D eigenvalue weighted by Gasteiger charge is 2.18. The van der Waals surface area contributed by atoms with Crippen LogP contribution in [-0.2, 0) is 11.2 Å². The van der Waals surface area contributed by atoms with Gasteiger partial charge in [0, 0.05) is 0 Å². The first-order valence-electron chi connectivity index (χ1n) is 6.73. The van der Waals surface area contributed by atoms with Crippen LogP contribution in [0.1, 0.15) is 25.8 Å². The second-order valence-electron chi connectivity index (χ2n) is 5.31. The molecule has 1 unspecified atom stereocenters. The van der Waals surface area contributed by atoms with Crippen molar-refractivity contribution in [3.63, 3.8) is 0 Å². The Labute approximate surface area is 115 Å². The fourth-order valence-electron chi connectivity index (χ4n) is 1.98. The van der Waals surface area contributed by atoms with Gasteiger partial charge in [-0.25, -0.2) is 0 Å². The summed E-state index contributed by atoms with van der Waals surface area (Å²) in [6.45, 7) is 3.97. The predicted octanol–water partition coefficient (Wildman–Crippen LogP) is 1.08. The van der Waals surface area contributed by atoms with Crippen molar-refractivity contribution in [1.29, 1.82) is 0 Å². The molecule has 0 saturated heterocycles. The van der Waals surface area contributed by atoms with E-state index in [9.17, 15) is 9.90 Å². The molecule has 0 aliphatic rings. The molecule has 19 heavy (non-hydrogen) atoms. The maximum atomic E-state index is 11.9. The van der Waals surface area contributed by atoms with Gasteiger partial charge in [0.1, 0.15) is 0 Å². The zero-order chi connectivity index (χ0) is 14.3. The normalized spacial score (nSPS) is 14.2. The summed E-state index contributed by atoms with van der Waals surface area (Å²) >= 11 is 0. The number of carbonyl (C=O) groups is 1. The highest BCUT2D eigenvalue weighted by Crippen LogP contribution is 2.05. The van der Waals surface area contributed by atoms with E-state index in [2.05, 4.69) is 5.32 Å². The summed E-state index contributed by atoms with van der Waals surface area (Å²) in [5.41, 5.74) is 6.90. The average molecular weight is 264 g/mol. The molecule has 0 spiro atoms. The molecular formula is C15H24N2O2. The summed E-state index contributed by atoms with van der Waals surface area (Å²) in [6.07, 6.45) is 1.26. The minimum atomic E-state index is -0.509. The first kappa shape index (κ1) is 15.7. The minimum Gasteiger partial charge on any atom is -0.394 e. The van der Waals surface area contributed by atoms with Gasteiger partial charge in [-0.3, -0.25) is 4.79 Å². The van der Waals surface area contributed by atoms with Crippen LogP contribution < -0.4 is 11.1 Å². The van der Waals surface area contributed by atoms with Crippen molar-refractivity contribution in [1.82, 2.24) is 5.32 Å². The molecule has 0 bridgehead atoms. The van der Waals surface area contributed by atoms with Crippen LogP contribution in [0.25, 0.3) is 0 Å². The SMILES string of the molecule is CC(C)C[C@@H](N)C(=O)NC(CO)Cc1ccccc1. The van der Waals surface area contributed by atoms with E-state index in [1.165, 1.54) is 0 Å². The Balaban J connectivity index is 2.50. The third kappa shape index (κ3) is 5.85. The molecule has 0 saturated carbocycles. The molecule has 106 valence electrons. The number of hydrogen-bond donors (Lipinski definition) is 3. The zero-order valence-corrected chi connectivity index (χ0v) is 11.7. The van der Waals surface area contributed by atoms with Crippen molar-refractivity contribution < 1.29 is 9.90 Å². The molecule has 1 rings (SSSR count). The molecule has 0 aliphatic carbocycles. The number of carbonyl (C=O) groups excluding carboxylic acids is 1. The Morgan fingerprint density at radius 3 is 2.47 bits per heavy atom. The zero-order valence-electron chi connectivity index (χ0n) is 11.7. The van der Waals surface area contributed by atoms with Crippen LogP contribution in [0.15, 0.2) is 30.3 Å². The summed E-state index contributed by atoms with van der Waals surface area (Å²) in [5.74, 6) is 0.186. The summed E-state index contributed by atoms with van der Waals surface area (Å²) in [7, 11) is 0. The third-order valence-electron chi connectivity index (χ3n) is 2.95. The summed E-state index contributed by atoms with van der Waals surface area (Å²) in [4.78, 5) is 11.9. The number of aliphatic hydroxyl groups excluding tert-OH is 1. The highest BCUT2D eigenvalue weighted by atomic mass is 16.3. The topological polar surface area (TPSA) is 75.4 Å². The van der Waals surface area contributed by atoms with E-state index in [0.717, 1.165) is 5.56 Å². The standard InChI is InChI=1S/C15H24N2O2/c1-11(2)8-14(16)15(19)17-13(10-18)9-12-6-4-3-5-7-12/h3-7,11,13-14,18H,8-10,16H2,1-2H3,(H,17,19)/t13?,14-/m1/s1. The number of amides is 1. The first-order chi connectivity index (χ1) is 9.02. The van der Waals surface area contributed by atoms with E-state index >= 15 is 0 Å². The van der Waals surface area contributed by atoms with E-state index in [0.29, 0.717) is 18.8 Å². The number of nitrogens with two attached hydrogens (primary N) is 1. The Kier molecular flexibility index (Phi) is 6.53. The monoisotopic (exact) mass is 264 g/mol. The van der Waals surface area contributed by atoms with Gasteiger partial charge >= 0.3 is 0 Å². The lowest BCUT2D eigenvalue weighted by molar-refractivity contribution is -0.123. The van der Waals surface area contributed by atoms with E-state index in [1.807, 2.05) is 44.2 Å². The van der Waals surface area contributed by atoms with Crippen molar-refractivity contribution in [3.8, 4) is 0 Å². The van der Waals surface area contributed by atoms with Crippen LogP contribution in [0.5, 0.6) is 0 Å². The van der Waals surface area contributed by atoms with Crippen LogP contribution in [0.2, 0.25) is 0 Å².